The van der Waals surface area contributed by atoms with Gasteiger partial charge in [0.05, 0.1) is 43.0 Å². The molecule has 10 heteroatoms. The number of sulfonamides is 1. The molecule has 0 N–H and O–H groups in total. The van der Waals surface area contributed by atoms with Crippen molar-refractivity contribution < 1.29 is 27.4 Å². The maximum atomic E-state index is 13.4. The van der Waals surface area contributed by atoms with Crippen LogP contribution in [0.15, 0.2) is 23.1 Å². The van der Waals surface area contributed by atoms with Crippen LogP contribution in [0.3, 0.4) is 0 Å². The third-order valence-corrected chi connectivity index (χ3v) is 8.82. The molecule has 3 saturated heterocycles. The highest BCUT2D eigenvalue weighted by atomic mass is 32.2. The molecule has 3 aliphatic heterocycles. The van der Waals surface area contributed by atoms with Gasteiger partial charge >= 0.3 is 0 Å². The van der Waals surface area contributed by atoms with E-state index in [4.69, 9.17) is 14.2 Å². The molecule has 0 aliphatic carbocycles. The van der Waals surface area contributed by atoms with Crippen LogP contribution in [-0.2, 0) is 19.5 Å². The first kappa shape index (κ1) is 25.4. The average Bonchev–Trinajstić information content (AvgIpc) is 2.83. The molecule has 0 aromatic heterocycles. The first-order chi connectivity index (χ1) is 16.3. The Morgan fingerprint density at radius 2 is 1.71 bits per heavy atom. The fourth-order valence-electron chi connectivity index (χ4n) is 5.24. The second-order valence-electron chi connectivity index (χ2n) is 9.59. The summed E-state index contributed by atoms with van der Waals surface area (Å²) in [5, 5.41) is 0. The highest BCUT2D eigenvalue weighted by molar-refractivity contribution is 7.89. The molecule has 3 aliphatic rings. The van der Waals surface area contributed by atoms with Crippen LogP contribution in [-0.4, -0.2) is 107 Å². The van der Waals surface area contributed by atoms with Crippen molar-refractivity contribution in [3.8, 4) is 5.75 Å². The van der Waals surface area contributed by atoms with Gasteiger partial charge in [-0.1, -0.05) is 0 Å². The number of carbonyl (C=O) groups is 1. The average molecular weight is 496 g/mol. The van der Waals surface area contributed by atoms with Gasteiger partial charge < -0.3 is 19.1 Å². The lowest BCUT2D eigenvalue weighted by Gasteiger charge is -2.39. The Hall–Kier alpha value is -1.72. The number of nitrogens with zero attached hydrogens (tertiary/aromatic N) is 3. The van der Waals surface area contributed by atoms with E-state index in [0.29, 0.717) is 56.6 Å². The molecule has 9 nitrogen and oxygen atoms in total. The molecular formula is C24H37N3O6S. The molecule has 0 saturated carbocycles. The lowest BCUT2D eigenvalue weighted by atomic mass is 9.95. The van der Waals surface area contributed by atoms with Crippen molar-refractivity contribution in [2.24, 2.45) is 5.92 Å². The van der Waals surface area contributed by atoms with Crippen LogP contribution < -0.4 is 4.74 Å². The summed E-state index contributed by atoms with van der Waals surface area (Å²) in [5.41, 5.74) is 0.297. The first-order valence-corrected chi connectivity index (χ1v) is 13.6. The lowest BCUT2D eigenvalue weighted by molar-refractivity contribution is -0.0728. The van der Waals surface area contributed by atoms with Crippen LogP contribution in [0.1, 0.15) is 37.0 Å². The minimum Gasteiger partial charge on any atom is -0.496 e. The zero-order valence-corrected chi connectivity index (χ0v) is 21.3. The molecule has 0 radical (unpaired) electrons. The number of rotatable bonds is 6. The quantitative estimate of drug-likeness (QED) is 0.593. The Bertz CT molecular complexity index is 947. The predicted octanol–water partition coefficient (Wildman–Crippen LogP) is 1.68. The van der Waals surface area contributed by atoms with Gasteiger partial charge in [-0.05, 0) is 50.8 Å². The molecular weight excluding hydrogens is 458 g/mol. The van der Waals surface area contributed by atoms with Gasteiger partial charge in [0.25, 0.3) is 5.91 Å². The van der Waals surface area contributed by atoms with Gasteiger partial charge in [-0.2, -0.15) is 4.31 Å². The Morgan fingerprint density at radius 3 is 2.32 bits per heavy atom. The molecule has 1 amide bonds. The Kier molecular flexibility index (Phi) is 8.14. The Balaban J connectivity index is 1.42. The van der Waals surface area contributed by atoms with E-state index >= 15 is 0 Å². The normalized spacial score (nSPS) is 25.9. The maximum absolute atomic E-state index is 13.4. The molecule has 34 heavy (non-hydrogen) atoms. The number of methoxy groups -OCH3 is 1. The second-order valence-corrected chi connectivity index (χ2v) is 11.5. The van der Waals surface area contributed by atoms with Gasteiger partial charge in [-0.3, -0.25) is 9.69 Å². The lowest BCUT2D eigenvalue weighted by Crippen LogP contribution is -2.48. The molecule has 190 valence electrons. The van der Waals surface area contributed by atoms with Gasteiger partial charge in [-0.15, -0.1) is 0 Å². The summed E-state index contributed by atoms with van der Waals surface area (Å²) in [6, 6.07) is 4.56. The minimum absolute atomic E-state index is 0.115. The fraction of sp³-hybridized carbons (Fsp3) is 0.708. The topological polar surface area (TPSA) is 88.6 Å². The van der Waals surface area contributed by atoms with E-state index in [2.05, 4.69) is 18.7 Å². The second kappa shape index (κ2) is 10.9. The highest BCUT2D eigenvalue weighted by Crippen LogP contribution is 2.28. The summed E-state index contributed by atoms with van der Waals surface area (Å²) in [6.45, 7) is 9.84. The highest BCUT2D eigenvalue weighted by Gasteiger charge is 2.31. The van der Waals surface area contributed by atoms with Crippen molar-refractivity contribution in [3.63, 3.8) is 0 Å². The molecule has 0 unspecified atom stereocenters. The molecule has 1 aromatic rings. The number of amides is 1. The first-order valence-electron chi connectivity index (χ1n) is 12.2. The third-order valence-electron chi connectivity index (χ3n) is 6.92. The molecule has 3 heterocycles. The number of hydrogen-bond acceptors (Lipinski definition) is 7. The SMILES string of the molecule is COc1ccc(S(=O)(=O)N2CCOCC2)cc1C(=O)N1CCC(CN2C[C@@H](C)O[C@@H](C)C2)CC1. The predicted molar refractivity (Wildman–Crippen MR) is 128 cm³/mol. The van der Waals surface area contributed by atoms with E-state index in [9.17, 15) is 13.2 Å². The number of morpholine rings is 2. The van der Waals surface area contributed by atoms with Gasteiger partial charge in [0.2, 0.25) is 10.0 Å². The summed E-state index contributed by atoms with van der Waals surface area (Å²) in [7, 11) is -2.20. The van der Waals surface area contributed by atoms with Crippen molar-refractivity contribution in [2.75, 3.05) is 66.1 Å². The van der Waals surface area contributed by atoms with Crippen molar-refractivity contribution in [1.29, 1.82) is 0 Å². The van der Waals surface area contributed by atoms with E-state index in [1.807, 2.05) is 4.90 Å². The van der Waals surface area contributed by atoms with Crippen LogP contribution in [0.4, 0.5) is 0 Å². The Morgan fingerprint density at radius 1 is 1.06 bits per heavy atom. The number of hydrogen-bond donors (Lipinski definition) is 0. The van der Waals surface area contributed by atoms with E-state index in [-0.39, 0.29) is 23.0 Å². The molecule has 0 spiro atoms. The number of benzene rings is 1. The molecule has 2 atom stereocenters. The van der Waals surface area contributed by atoms with E-state index in [0.717, 1.165) is 32.5 Å². The summed E-state index contributed by atoms with van der Waals surface area (Å²) in [4.78, 5) is 17.8. The van der Waals surface area contributed by atoms with Crippen molar-refractivity contribution >= 4 is 15.9 Å². The van der Waals surface area contributed by atoms with Gasteiger partial charge in [0, 0.05) is 45.8 Å². The largest absolute Gasteiger partial charge is 0.496 e. The van der Waals surface area contributed by atoms with Crippen molar-refractivity contribution in [1.82, 2.24) is 14.1 Å². The Labute approximate surface area is 203 Å². The van der Waals surface area contributed by atoms with E-state index in [1.54, 1.807) is 6.07 Å². The van der Waals surface area contributed by atoms with Gasteiger partial charge in [0.1, 0.15) is 5.75 Å². The number of ether oxygens (including phenoxy) is 3. The van der Waals surface area contributed by atoms with Crippen LogP contribution >= 0.6 is 0 Å². The summed E-state index contributed by atoms with van der Waals surface area (Å²) < 4.78 is 44.2. The third kappa shape index (κ3) is 5.73. The minimum atomic E-state index is -3.70. The van der Waals surface area contributed by atoms with Gasteiger partial charge in [0.15, 0.2) is 0 Å². The molecule has 0 bridgehead atoms. The molecule has 3 fully saturated rings. The van der Waals surface area contributed by atoms with Gasteiger partial charge in [-0.25, -0.2) is 8.42 Å². The summed E-state index contributed by atoms with van der Waals surface area (Å²) in [5.74, 6) is 0.753. The monoisotopic (exact) mass is 495 g/mol. The number of carbonyl (C=O) groups excluding carboxylic acids is 1. The van der Waals surface area contributed by atoms with Crippen LogP contribution in [0.25, 0.3) is 0 Å². The van der Waals surface area contributed by atoms with Crippen LogP contribution in [0.5, 0.6) is 5.75 Å². The number of likely N-dealkylation sites (tertiary alicyclic amines) is 1. The van der Waals surface area contributed by atoms with Crippen LogP contribution in [0, 0.1) is 5.92 Å². The summed E-state index contributed by atoms with van der Waals surface area (Å²) in [6.07, 6.45) is 2.36. The maximum Gasteiger partial charge on any atom is 0.257 e. The summed E-state index contributed by atoms with van der Waals surface area (Å²) >= 11 is 0. The standard InChI is InChI=1S/C24H37N3O6S/c1-18-15-25(16-19(2)33-18)17-20-6-8-26(9-7-20)24(28)22-14-21(4-5-23(22)31-3)34(29,30)27-10-12-32-13-11-27/h4-5,14,18-20H,6-13,15-17H2,1-3H3/t18-,19+. The molecule has 4 rings (SSSR count). The van der Waals surface area contributed by atoms with Crippen molar-refractivity contribution in [3.05, 3.63) is 23.8 Å². The van der Waals surface area contributed by atoms with Crippen LogP contribution in [0.2, 0.25) is 0 Å². The molecule has 1 aromatic carbocycles. The smallest absolute Gasteiger partial charge is 0.257 e. The number of piperidine rings is 1. The fourth-order valence-corrected chi connectivity index (χ4v) is 6.67. The van der Waals surface area contributed by atoms with E-state index < -0.39 is 10.0 Å². The van der Waals surface area contributed by atoms with E-state index in [1.165, 1.54) is 23.5 Å². The zero-order chi connectivity index (χ0) is 24.3. The van der Waals surface area contributed by atoms with Crippen molar-refractivity contribution in [2.45, 2.75) is 43.8 Å². The zero-order valence-electron chi connectivity index (χ0n) is 20.4.